The van der Waals surface area contributed by atoms with Crippen molar-refractivity contribution in [3.63, 3.8) is 0 Å². The van der Waals surface area contributed by atoms with Crippen LogP contribution in [-0.4, -0.2) is 42.1 Å². The predicted octanol–water partition coefficient (Wildman–Crippen LogP) is 4.75. The van der Waals surface area contributed by atoms with E-state index in [0.29, 0.717) is 32.4 Å². The standard InChI is InChI=1S/C26H29F3N2O3/c1-2-7-22(32)25(20-9-4-3-5-10-20)13-16-31(17-14-25)23(33)12-15-30-24(34)19-8-6-11-21(18-19)26(27,28)29/h3-6,8-11,18H,2,7,12-17H2,1H3,(H,30,34). The van der Waals surface area contributed by atoms with E-state index in [0.717, 1.165) is 24.1 Å². The lowest BCUT2D eigenvalue weighted by Crippen LogP contribution is -2.49. The first-order chi connectivity index (χ1) is 16.2. The first kappa shape index (κ1) is 25.5. The summed E-state index contributed by atoms with van der Waals surface area (Å²) in [5.41, 5.74) is -0.619. The summed E-state index contributed by atoms with van der Waals surface area (Å²) in [4.78, 5) is 39.6. The van der Waals surface area contributed by atoms with Gasteiger partial charge in [-0.25, -0.2) is 0 Å². The predicted molar refractivity (Wildman–Crippen MR) is 122 cm³/mol. The lowest BCUT2D eigenvalue weighted by Gasteiger charge is -2.41. The fourth-order valence-electron chi connectivity index (χ4n) is 4.47. The zero-order chi connectivity index (χ0) is 24.8. The Hall–Kier alpha value is -3.16. The Kier molecular flexibility index (Phi) is 8.12. The van der Waals surface area contributed by atoms with Crippen LogP contribution in [-0.2, 0) is 21.2 Å². The monoisotopic (exact) mass is 474 g/mol. The lowest BCUT2D eigenvalue weighted by molar-refractivity contribution is -0.137. The van der Waals surface area contributed by atoms with Gasteiger partial charge in [-0.1, -0.05) is 43.3 Å². The highest BCUT2D eigenvalue weighted by atomic mass is 19.4. The molecule has 2 aromatic carbocycles. The molecule has 0 saturated carbocycles. The van der Waals surface area contributed by atoms with E-state index in [1.165, 1.54) is 12.1 Å². The van der Waals surface area contributed by atoms with Crippen LogP contribution in [0.2, 0.25) is 0 Å². The SMILES string of the molecule is CCCC(=O)C1(c2ccccc2)CCN(C(=O)CCNC(=O)c2cccc(C(F)(F)F)c2)CC1. The molecule has 0 spiro atoms. The summed E-state index contributed by atoms with van der Waals surface area (Å²) in [6.07, 6.45) is -2.16. The van der Waals surface area contributed by atoms with Gasteiger partial charge in [0.05, 0.1) is 11.0 Å². The van der Waals surface area contributed by atoms with Gasteiger partial charge in [0.15, 0.2) is 0 Å². The summed E-state index contributed by atoms with van der Waals surface area (Å²) in [6.45, 7) is 2.86. The molecule has 0 unspecified atom stereocenters. The second-order valence-corrected chi connectivity index (χ2v) is 8.59. The number of hydrogen-bond acceptors (Lipinski definition) is 3. The number of amides is 2. The highest BCUT2D eigenvalue weighted by Gasteiger charge is 2.42. The molecule has 8 heteroatoms. The first-order valence-corrected chi connectivity index (χ1v) is 11.5. The van der Waals surface area contributed by atoms with Gasteiger partial charge in [0.1, 0.15) is 5.78 Å². The number of benzene rings is 2. The Labute approximate surface area is 197 Å². The third kappa shape index (κ3) is 5.85. The average Bonchev–Trinajstić information content (AvgIpc) is 2.84. The van der Waals surface area contributed by atoms with Crippen LogP contribution in [0.15, 0.2) is 54.6 Å². The number of Topliss-reactive ketones (excluding diaryl/α,β-unsaturated/α-hetero) is 1. The van der Waals surface area contributed by atoms with E-state index >= 15 is 0 Å². The smallest absolute Gasteiger partial charge is 0.352 e. The molecule has 1 saturated heterocycles. The third-order valence-corrected chi connectivity index (χ3v) is 6.38. The first-order valence-electron chi connectivity index (χ1n) is 11.5. The number of alkyl halides is 3. The van der Waals surface area contributed by atoms with Crippen molar-refractivity contribution in [1.29, 1.82) is 0 Å². The summed E-state index contributed by atoms with van der Waals surface area (Å²) in [6, 6.07) is 13.8. The van der Waals surface area contributed by atoms with Gasteiger partial charge in [-0.2, -0.15) is 13.2 Å². The maximum Gasteiger partial charge on any atom is 0.416 e. The molecule has 1 N–H and O–H groups in total. The number of likely N-dealkylation sites (tertiary alicyclic amines) is 1. The van der Waals surface area contributed by atoms with Crippen molar-refractivity contribution in [2.45, 2.75) is 50.6 Å². The lowest BCUT2D eigenvalue weighted by atomic mass is 9.68. The molecule has 0 aromatic heterocycles. The minimum atomic E-state index is -4.53. The molecule has 1 heterocycles. The molecule has 182 valence electrons. The van der Waals surface area contributed by atoms with Crippen molar-refractivity contribution in [2.24, 2.45) is 0 Å². The van der Waals surface area contributed by atoms with E-state index in [1.807, 2.05) is 37.3 Å². The number of carbonyl (C=O) groups excluding carboxylic acids is 3. The van der Waals surface area contributed by atoms with Crippen molar-refractivity contribution >= 4 is 17.6 Å². The number of nitrogens with zero attached hydrogens (tertiary/aromatic N) is 1. The summed E-state index contributed by atoms with van der Waals surface area (Å²) in [7, 11) is 0. The van der Waals surface area contributed by atoms with E-state index in [1.54, 1.807) is 4.90 Å². The Morgan fingerprint density at radius 3 is 2.26 bits per heavy atom. The Balaban J connectivity index is 1.55. The van der Waals surface area contributed by atoms with Crippen LogP contribution in [0.1, 0.15) is 60.5 Å². The van der Waals surface area contributed by atoms with Gasteiger partial charge >= 0.3 is 6.18 Å². The minimum absolute atomic E-state index is 0.0169. The topological polar surface area (TPSA) is 66.5 Å². The molecule has 2 amide bonds. The molecule has 1 aliphatic rings. The number of rotatable bonds is 8. The van der Waals surface area contributed by atoms with E-state index in [-0.39, 0.29) is 30.2 Å². The molecule has 0 aliphatic carbocycles. The van der Waals surface area contributed by atoms with Crippen molar-refractivity contribution in [3.05, 3.63) is 71.3 Å². The fourth-order valence-corrected chi connectivity index (χ4v) is 4.47. The second kappa shape index (κ2) is 10.8. The van der Waals surface area contributed by atoms with E-state index < -0.39 is 23.1 Å². The molecule has 1 aliphatic heterocycles. The van der Waals surface area contributed by atoms with Crippen LogP contribution in [0.5, 0.6) is 0 Å². The molecule has 2 aromatic rings. The van der Waals surface area contributed by atoms with Gasteiger partial charge in [0.25, 0.3) is 5.91 Å². The van der Waals surface area contributed by atoms with Crippen molar-refractivity contribution in [3.8, 4) is 0 Å². The minimum Gasteiger partial charge on any atom is -0.352 e. The van der Waals surface area contributed by atoms with E-state index in [4.69, 9.17) is 0 Å². The zero-order valence-electron chi connectivity index (χ0n) is 19.2. The summed E-state index contributed by atoms with van der Waals surface area (Å²) in [5.74, 6) is -0.624. The molecule has 3 rings (SSSR count). The van der Waals surface area contributed by atoms with Crippen molar-refractivity contribution in [1.82, 2.24) is 10.2 Å². The van der Waals surface area contributed by atoms with Crippen LogP contribution in [0.3, 0.4) is 0 Å². The summed E-state index contributed by atoms with van der Waals surface area (Å²) >= 11 is 0. The van der Waals surface area contributed by atoms with Crippen LogP contribution in [0.4, 0.5) is 13.2 Å². The Bertz CT molecular complexity index is 1010. The van der Waals surface area contributed by atoms with Gasteiger partial charge in [-0.3, -0.25) is 14.4 Å². The largest absolute Gasteiger partial charge is 0.416 e. The normalized spacial score (nSPS) is 15.6. The highest BCUT2D eigenvalue weighted by molar-refractivity contribution is 5.94. The Morgan fingerprint density at radius 1 is 0.971 bits per heavy atom. The molecule has 0 atom stereocenters. The highest BCUT2D eigenvalue weighted by Crippen LogP contribution is 2.38. The quantitative estimate of drug-likeness (QED) is 0.600. The number of halogens is 3. The van der Waals surface area contributed by atoms with E-state index in [9.17, 15) is 27.6 Å². The van der Waals surface area contributed by atoms with Gasteiger partial charge in [-0.15, -0.1) is 0 Å². The van der Waals surface area contributed by atoms with Crippen LogP contribution < -0.4 is 5.32 Å². The van der Waals surface area contributed by atoms with E-state index in [2.05, 4.69) is 5.32 Å². The molecular weight excluding hydrogens is 445 g/mol. The molecule has 34 heavy (non-hydrogen) atoms. The Morgan fingerprint density at radius 2 is 1.65 bits per heavy atom. The molecule has 5 nitrogen and oxygen atoms in total. The number of hydrogen-bond donors (Lipinski definition) is 1. The third-order valence-electron chi connectivity index (χ3n) is 6.38. The fraction of sp³-hybridized carbons (Fsp3) is 0.423. The van der Waals surface area contributed by atoms with Crippen LogP contribution >= 0.6 is 0 Å². The van der Waals surface area contributed by atoms with Crippen molar-refractivity contribution in [2.75, 3.05) is 19.6 Å². The average molecular weight is 475 g/mol. The van der Waals surface area contributed by atoms with Crippen LogP contribution in [0, 0.1) is 0 Å². The number of carbonyl (C=O) groups is 3. The van der Waals surface area contributed by atoms with Crippen LogP contribution in [0.25, 0.3) is 0 Å². The number of piperidine rings is 1. The van der Waals surface area contributed by atoms with Gasteiger partial charge in [0.2, 0.25) is 5.91 Å². The molecule has 0 bridgehead atoms. The van der Waals surface area contributed by atoms with Gasteiger partial charge in [0, 0.05) is 38.0 Å². The number of nitrogens with one attached hydrogen (secondary N) is 1. The molecule has 0 radical (unpaired) electrons. The maximum absolute atomic E-state index is 13.0. The molecular formula is C26H29F3N2O3. The van der Waals surface area contributed by atoms with Crippen molar-refractivity contribution < 1.29 is 27.6 Å². The zero-order valence-corrected chi connectivity index (χ0v) is 19.2. The second-order valence-electron chi connectivity index (χ2n) is 8.59. The summed E-state index contributed by atoms with van der Waals surface area (Å²) in [5, 5.41) is 2.52. The molecule has 1 fully saturated rings. The summed E-state index contributed by atoms with van der Waals surface area (Å²) < 4.78 is 38.5. The number of ketones is 1. The van der Waals surface area contributed by atoms with Gasteiger partial charge in [-0.05, 0) is 43.0 Å². The van der Waals surface area contributed by atoms with Gasteiger partial charge < -0.3 is 10.2 Å². The maximum atomic E-state index is 13.0.